The molecule has 0 saturated heterocycles. The zero-order chi connectivity index (χ0) is 31.9. The van der Waals surface area contributed by atoms with Crippen LogP contribution in [0.1, 0.15) is 47.0 Å². The summed E-state index contributed by atoms with van der Waals surface area (Å²) in [6.45, 7) is 2.73. The molecule has 234 valence electrons. The highest BCUT2D eigenvalue weighted by atomic mass is 16.7. The van der Waals surface area contributed by atoms with Gasteiger partial charge < -0.3 is 38.3 Å². The molecule has 0 amide bonds. The van der Waals surface area contributed by atoms with Crippen LogP contribution in [0.5, 0.6) is 28.7 Å². The molecule has 2 N–H and O–H groups in total. The van der Waals surface area contributed by atoms with Gasteiger partial charge in [-0.05, 0) is 30.3 Å². The number of methoxy groups -OCH3 is 2. The smallest absolute Gasteiger partial charge is 0.336 e. The number of carboxylic acid groups (broad SMARTS) is 2. The minimum atomic E-state index is -1.13. The first-order valence-corrected chi connectivity index (χ1v) is 14.4. The van der Waals surface area contributed by atoms with Gasteiger partial charge in [0.2, 0.25) is 12.6 Å². The summed E-state index contributed by atoms with van der Waals surface area (Å²) in [5.74, 6) is 0.567. The second-order valence-electron chi connectivity index (χ2n) is 10.3. The number of unbranched alkanes of at least 4 members (excludes halogenated alkanes) is 1. The van der Waals surface area contributed by atoms with Gasteiger partial charge in [0.15, 0.2) is 18.0 Å². The number of aromatic nitrogens is 1. The van der Waals surface area contributed by atoms with Gasteiger partial charge in [-0.2, -0.15) is 4.57 Å². The minimum absolute atomic E-state index is 0.0161. The third kappa shape index (κ3) is 6.87. The Labute approximate surface area is 259 Å². The molecule has 0 radical (unpaired) electrons. The molecular weight excluding hydrogens is 582 g/mol. The van der Waals surface area contributed by atoms with Crippen molar-refractivity contribution in [1.29, 1.82) is 0 Å². The first-order chi connectivity index (χ1) is 21.8. The molecule has 0 saturated carbocycles. The topological polar surface area (TPSA) is 138 Å². The fourth-order valence-electron chi connectivity index (χ4n) is 5.05. The Hall–Kier alpha value is -5.45. The fraction of sp³-hybridized carbons (Fsp3) is 0.265. The Morgan fingerprint density at radius 1 is 0.956 bits per heavy atom. The van der Waals surface area contributed by atoms with E-state index in [-0.39, 0.29) is 31.0 Å². The Kier molecular flexibility index (Phi) is 9.57. The van der Waals surface area contributed by atoms with Crippen LogP contribution in [0.15, 0.2) is 71.0 Å². The molecule has 4 aromatic rings. The van der Waals surface area contributed by atoms with E-state index in [0.717, 1.165) is 12.8 Å². The average molecular weight is 617 g/mol. The summed E-state index contributed by atoms with van der Waals surface area (Å²) >= 11 is 0. The standard InChI is InChI=1S/C34H33NO10/c1-4-5-12-35-19-43-31(15-23(33(36)37)13-22-14-29-30(45-20-44-29)17-27(22)41-3)32(35)26-11-10-24(40-2)16-28(26)42-18-21-8-6-7-9-25(21)34(38)39/h6-11,14-17,19H,4-5,12-13,18,20H2,1-3H3,(H-,36,37,38,39)/p+1/b23-15+. The molecule has 11 nitrogen and oxygen atoms in total. The van der Waals surface area contributed by atoms with Gasteiger partial charge in [0, 0.05) is 41.7 Å². The molecule has 0 fully saturated rings. The first-order valence-electron chi connectivity index (χ1n) is 14.4. The second-order valence-corrected chi connectivity index (χ2v) is 10.3. The van der Waals surface area contributed by atoms with Crippen molar-refractivity contribution in [2.45, 2.75) is 39.3 Å². The highest BCUT2D eigenvalue weighted by Crippen LogP contribution is 2.40. The number of oxazole rings is 1. The van der Waals surface area contributed by atoms with Crippen molar-refractivity contribution in [1.82, 2.24) is 0 Å². The van der Waals surface area contributed by atoms with E-state index in [1.54, 1.807) is 48.9 Å². The number of nitrogens with zero attached hydrogens (tertiary/aromatic N) is 1. The van der Waals surface area contributed by atoms with Gasteiger partial charge in [-0.15, -0.1) is 0 Å². The van der Waals surface area contributed by atoms with Crippen molar-refractivity contribution in [2.75, 3.05) is 21.0 Å². The molecule has 0 spiro atoms. The molecule has 45 heavy (non-hydrogen) atoms. The van der Waals surface area contributed by atoms with E-state index in [9.17, 15) is 19.8 Å². The number of hydrogen-bond acceptors (Lipinski definition) is 8. The monoisotopic (exact) mass is 616 g/mol. The van der Waals surface area contributed by atoms with E-state index < -0.39 is 11.9 Å². The van der Waals surface area contributed by atoms with E-state index in [1.807, 2.05) is 10.6 Å². The Balaban J connectivity index is 1.58. The van der Waals surface area contributed by atoms with Crippen molar-refractivity contribution < 1.29 is 52.5 Å². The minimum Gasteiger partial charge on any atom is -0.497 e. The highest BCUT2D eigenvalue weighted by Gasteiger charge is 2.28. The van der Waals surface area contributed by atoms with Crippen molar-refractivity contribution >= 4 is 18.0 Å². The molecular formula is C34H34NO10+. The molecule has 1 aliphatic rings. The summed E-state index contributed by atoms with van der Waals surface area (Å²) in [6.07, 6.45) is 4.84. The van der Waals surface area contributed by atoms with Gasteiger partial charge in [0.25, 0.3) is 5.69 Å². The number of fused-ring (bicyclic) bond motifs is 1. The second kappa shape index (κ2) is 13.9. The maximum absolute atomic E-state index is 12.6. The third-order valence-corrected chi connectivity index (χ3v) is 7.39. The van der Waals surface area contributed by atoms with E-state index in [2.05, 4.69) is 6.92 Å². The van der Waals surface area contributed by atoms with Gasteiger partial charge in [-0.3, -0.25) is 0 Å². The molecule has 3 aromatic carbocycles. The summed E-state index contributed by atoms with van der Waals surface area (Å²) in [6, 6.07) is 15.3. The van der Waals surface area contributed by atoms with Gasteiger partial charge >= 0.3 is 18.3 Å². The van der Waals surface area contributed by atoms with E-state index in [4.69, 9.17) is 28.1 Å². The molecule has 11 heteroatoms. The predicted octanol–water partition coefficient (Wildman–Crippen LogP) is 5.77. The van der Waals surface area contributed by atoms with Crippen LogP contribution in [-0.4, -0.2) is 43.2 Å². The van der Waals surface area contributed by atoms with Crippen LogP contribution in [0.3, 0.4) is 0 Å². The number of carboxylic acids is 2. The van der Waals surface area contributed by atoms with Gasteiger partial charge in [0.1, 0.15) is 23.9 Å². The van der Waals surface area contributed by atoms with Crippen LogP contribution >= 0.6 is 0 Å². The number of ether oxygens (including phenoxy) is 5. The molecule has 5 rings (SSSR count). The van der Waals surface area contributed by atoms with Crippen LogP contribution < -0.4 is 28.3 Å². The lowest BCUT2D eigenvalue weighted by molar-refractivity contribution is -0.690. The molecule has 1 aromatic heterocycles. The lowest BCUT2D eigenvalue weighted by Gasteiger charge is -2.13. The lowest BCUT2D eigenvalue weighted by atomic mass is 10.0. The molecule has 0 atom stereocenters. The number of benzene rings is 3. The van der Waals surface area contributed by atoms with E-state index in [0.29, 0.717) is 63.4 Å². The number of hydrogen-bond donors (Lipinski definition) is 2. The fourth-order valence-corrected chi connectivity index (χ4v) is 5.05. The maximum atomic E-state index is 12.6. The molecule has 0 bridgehead atoms. The molecule has 1 aliphatic heterocycles. The van der Waals surface area contributed by atoms with Crippen LogP contribution in [0.25, 0.3) is 17.3 Å². The number of rotatable bonds is 14. The number of aromatic carboxylic acids is 1. The molecule has 2 heterocycles. The zero-order valence-electron chi connectivity index (χ0n) is 25.2. The van der Waals surface area contributed by atoms with Crippen molar-refractivity contribution in [2.24, 2.45) is 0 Å². The Bertz CT molecular complexity index is 1740. The summed E-state index contributed by atoms with van der Waals surface area (Å²) < 4.78 is 36.1. The number of aliphatic carboxylic acids is 1. The molecule has 0 aliphatic carbocycles. The summed E-state index contributed by atoms with van der Waals surface area (Å²) in [4.78, 5) is 24.4. The molecule has 0 unspecified atom stereocenters. The summed E-state index contributed by atoms with van der Waals surface area (Å²) in [7, 11) is 3.04. The van der Waals surface area contributed by atoms with Crippen molar-refractivity contribution in [3.63, 3.8) is 0 Å². The zero-order valence-corrected chi connectivity index (χ0v) is 25.2. The van der Waals surface area contributed by atoms with E-state index in [1.165, 1.54) is 26.4 Å². The SMILES string of the molecule is CCCC[n+]1coc(/C=C(\Cc2cc3c(cc2OC)OCO3)C(=O)O)c1-c1ccc(OC)cc1OCc1ccccc1C(=O)O. The summed E-state index contributed by atoms with van der Waals surface area (Å²) in [5, 5.41) is 19.9. The normalized spacial score (nSPS) is 12.2. The van der Waals surface area contributed by atoms with Gasteiger partial charge in [0.05, 0.1) is 25.3 Å². The van der Waals surface area contributed by atoms with Gasteiger partial charge in [-0.25, -0.2) is 9.59 Å². The largest absolute Gasteiger partial charge is 0.497 e. The van der Waals surface area contributed by atoms with Crippen molar-refractivity contribution in [3.8, 4) is 40.0 Å². The third-order valence-electron chi connectivity index (χ3n) is 7.39. The summed E-state index contributed by atoms with van der Waals surface area (Å²) in [5.41, 5.74) is 2.51. The van der Waals surface area contributed by atoms with E-state index >= 15 is 0 Å². The Morgan fingerprint density at radius 2 is 1.73 bits per heavy atom. The van der Waals surface area contributed by atoms with Crippen LogP contribution in [-0.2, 0) is 24.4 Å². The maximum Gasteiger partial charge on any atom is 0.336 e. The Morgan fingerprint density at radius 3 is 2.44 bits per heavy atom. The van der Waals surface area contributed by atoms with Crippen LogP contribution in [0.4, 0.5) is 0 Å². The average Bonchev–Trinajstić information content (AvgIpc) is 3.68. The van der Waals surface area contributed by atoms with Crippen LogP contribution in [0, 0.1) is 0 Å². The predicted molar refractivity (Wildman–Crippen MR) is 162 cm³/mol. The van der Waals surface area contributed by atoms with Crippen LogP contribution in [0.2, 0.25) is 0 Å². The number of carbonyl (C=O) groups is 2. The van der Waals surface area contributed by atoms with Crippen molar-refractivity contribution in [3.05, 3.63) is 89.0 Å². The van der Waals surface area contributed by atoms with Gasteiger partial charge in [-0.1, -0.05) is 31.5 Å². The lowest BCUT2D eigenvalue weighted by Crippen LogP contribution is -2.33. The quantitative estimate of drug-likeness (QED) is 0.133. The highest BCUT2D eigenvalue weighted by molar-refractivity contribution is 5.93. The number of aryl methyl sites for hydroxylation is 1. The first kappa shape index (κ1) is 31.0.